The second-order valence-corrected chi connectivity index (χ2v) is 5.06. The quantitative estimate of drug-likeness (QED) is 0.679. The predicted molar refractivity (Wildman–Crippen MR) is 81.3 cm³/mol. The topological polar surface area (TPSA) is 39.3 Å². The molecule has 0 radical (unpaired) electrons. The molecule has 4 nitrogen and oxygen atoms in total. The van der Waals surface area contributed by atoms with Crippen LogP contribution >= 0.6 is 0 Å². The molecule has 106 valence electrons. The van der Waals surface area contributed by atoms with Gasteiger partial charge in [-0.05, 0) is 33.6 Å². The number of nitrogens with one attached hydrogen (secondary N) is 3. The molecule has 1 aromatic carbocycles. The fraction of sp³-hybridized carbons (Fsp3) is 0.600. The Kier molecular flexibility index (Phi) is 4.45. The van der Waals surface area contributed by atoms with Gasteiger partial charge < -0.3 is 4.90 Å². The average molecular weight is 262 g/mol. The number of nitrogens with zero attached hydrogens (tertiary/aromatic N) is 1. The van der Waals surface area contributed by atoms with Crippen LogP contribution in [0, 0.1) is 0 Å². The van der Waals surface area contributed by atoms with Crippen molar-refractivity contribution in [2.75, 3.05) is 32.6 Å². The number of rotatable bonds is 6. The summed E-state index contributed by atoms with van der Waals surface area (Å²) in [5, 5.41) is 10.4. The van der Waals surface area contributed by atoms with E-state index in [9.17, 15) is 0 Å². The Morgan fingerprint density at radius 1 is 1.16 bits per heavy atom. The normalized spacial score (nSPS) is 20.6. The van der Waals surface area contributed by atoms with Gasteiger partial charge in [-0.2, -0.15) is 0 Å². The molecule has 1 unspecified atom stereocenters. The predicted octanol–water partition coefficient (Wildman–Crippen LogP) is 1.44. The molecule has 0 spiro atoms. The first-order chi connectivity index (χ1) is 9.25. The van der Waals surface area contributed by atoms with Gasteiger partial charge in [0, 0.05) is 17.8 Å². The standard InChI is InChI=1S/C15H26N4/c1-5-6-11-19-13-10-8-7-9-12(13)15(17-3,18-4)14(19)16-2/h7-10,14,16-18H,5-6,11H2,1-4H3. The summed E-state index contributed by atoms with van der Waals surface area (Å²) in [6, 6.07) is 8.65. The van der Waals surface area contributed by atoms with Gasteiger partial charge in [-0.1, -0.05) is 31.5 Å². The van der Waals surface area contributed by atoms with E-state index in [1.54, 1.807) is 0 Å². The maximum Gasteiger partial charge on any atom is 0.131 e. The first-order valence-electron chi connectivity index (χ1n) is 7.16. The number of unbranched alkanes of at least 4 members (excludes halogenated alkanes) is 1. The number of hydrogen-bond acceptors (Lipinski definition) is 4. The van der Waals surface area contributed by atoms with Gasteiger partial charge in [0.05, 0.1) is 0 Å². The number of benzene rings is 1. The van der Waals surface area contributed by atoms with Crippen molar-refractivity contribution >= 4 is 5.69 Å². The van der Waals surface area contributed by atoms with E-state index in [2.05, 4.69) is 52.0 Å². The maximum absolute atomic E-state index is 3.48. The first kappa shape index (κ1) is 14.3. The van der Waals surface area contributed by atoms with E-state index in [0.29, 0.717) is 0 Å². The molecule has 0 fully saturated rings. The summed E-state index contributed by atoms with van der Waals surface area (Å²) in [6.45, 7) is 3.31. The summed E-state index contributed by atoms with van der Waals surface area (Å²) in [5.74, 6) is 0. The minimum absolute atomic E-state index is 0.214. The molecule has 0 bridgehead atoms. The van der Waals surface area contributed by atoms with Crippen LogP contribution < -0.4 is 20.9 Å². The Morgan fingerprint density at radius 2 is 1.84 bits per heavy atom. The summed E-state index contributed by atoms with van der Waals surface area (Å²) in [4.78, 5) is 2.46. The van der Waals surface area contributed by atoms with Crippen molar-refractivity contribution in [2.24, 2.45) is 0 Å². The lowest BCUT2D eigenvalue weighted by Gasteiger charge is -2.39. The summed E-state index contributed by atoms with van der Waals surface area (Å²) in [7, 11) is 6.06. The van der Waals surface area contributed by atoms with E-state index in [1.807, 2.05) is 21.1 Å². The van der Waals surface area contributed by atoms with E-state index in [0.717, 1.165) is 6.54 Å². The first-order valence-corrected chi connectivity index (χ1v) is 7.16. The van der Waals surface area contributed by atoms with E-state index >= 15 is 0 Å². The minimum atomic E-state index is -0.237. The number of fused-ring (bicyclic) bond motifs is 1. The fourth-order valence-electron chi connectivity index (χ4n) is 3.20. The van der Waals surface area contributed by atoms with Crippen LogP contribution in [0.1, 0.15) is 25.3 Å². The Morgan fingerprint density at radius 3 is 2.42 bits per heavy atom. The van der Waals surface area contributed by atoms with Gasteiger partial charge in [0.2, 0.25) is 0 Å². The van der Waals surface area contributed by atoms with Crippen LogP contribution in [0.2, 0.25) is 0 Å². The van der Waals surface area contributed by atoms with Crippen molar-refractivity contribution < 1.29 is 0 Å². The molecule has 1 heterocycles. The second-order valence-electron chi connectivity index (χ2n) is 5.06. The molecular formula is C15H26N4. The fourth-order valence-corrected chi connectivity index (χ4v) is 3.20. The van der Waals surface area contributed by atoms with Crippen LogP contribution in [0.15, 0.2) is 24.3 Å². The Bertz CT molecular complexity index is 414. The molecule has 0 aromatic heterocycles. The van der Waals surface area contributed by atoms with E-state index in [1.165, 1.54) is 24.1 Å². The molecule has 0 saturated carbocycles. The van der Waals surface area contributed by atoms with Crippen molar-refractivity contribution in [3.63, 3.8) is 0 Å². The molecule has 1 atom stereocenters. The molecule has 19 heavy (non-hydrogen) atoms. The average Bonchev–Trinajstić information content (AvgIpc) is 2.74. The van der Waals surface area contributed by atoms with E-state index in [-0.39, 0.29) is 11.8 Å². The highest BCUT2D eigenvalue weighted by atomic mass is 15.4. The smallest absolute Gasteiger partial charge is 0.131 e. The van der Waals surface area contributed by atoms with Gasteiger partial charge in [-0.25, -0.2) is 0 Å². The Balaban J connectivity index is 2.46. The summed E-state index contributed by atoms with van der Waals surface area (Å²) < 4.78 is 0. The molecule has 0 amide bonds. The Hall–Kier alpha value is -1.10. The molecule has 2 rings (SSSR count). The van der Waals surface area contributed by atoms with Crippen molar-refractivity contribution in [3.8, 4) is 0 Å². The lowest BCUT2D eigenvalue weighted by Crippen LogP contribution is -2.65. The SMILES string of the molecule is CCCCN1c2ccccc2C(NC)(NC)C1NC. The third kappa shape index (κ3) is 2.14. The maximum atomic E-state index is 3.48. The molecule has 1 aliphatic rings. The molecule has 1 aliphatic heterocycles. The van der Waals surface area contributed by atoms with Crippen molar-refractivity contribution in [3.05, 3.63) is 29.8 Å². The van der Waals surface area contributed by atoms with Crippen LogP contribution in [0.3, 0.4) is 0 Å². The third-order valence-corrected chi connectivity index (χ3v) is 4.17. The monoisotopic (exact) mass is 262 g/mol. The van der Waals surface area contributed by atoms with E-state index in [4.69, 9.17) is 0 Å². The van der Waals surface area contributed by atoms with Crippen LogP contribution in [0.4, 0.5) is 5.69 Å². The third-order valence-electron chi connectivity index (χ3n) is 4.17. The summed E-state index contributed by atoms with van der Waals surface area (Å²) >= 11 is 0. The summed E-state index contributed by atoms with van der Waals surface area (Å²) in [6.07, 6.45) is 2.63. The number of anilines is 1. The zero-order valence-electron chi connectivity index (χ0n) is 12.5. The van der Waals surface area contributed by atoms with Crippen molar-refractivity contribution in [1.82, 2.24) is 16.0 Å². The Labute approximate surface area is 116 Å². The number of likely N-dealkylation sites (N-methyl/N-ethyl adjacent to an activating group) is 3. The van der Waals surface area contributed by atoms with Crippen molar-refractivity contribution in [2.45, 2.75) is 31.6 Å². The van der Waals surface area contributed by atoms with Crippen LogP contribution in [0.5, 0.6) is 0 Å². The molecule has 0 aliphatic carbocycles. The minimum Gasteiger partial charge on any atom is -0.352 e. The van der Waals surface area contributed by atoms with Crippen LogP contribution in [-0.2, 0) is 5.66 Å². The van der Waals surface area contributed by atoms with Crippen LogP contribution in [0.25, 0.3) is 0 Å². The van der Waals surface area contributed by atoms with E-state index < -0.39 is 0 Å². The highest BCUT2D eigenvalue weighted by Crippen LogP contribution is 2.40. The molecule has 0 saturated heterocycles. The van der Waals surface area contributed by atoms with Gasteiger partial charge in [0.15, 0.2) is 0 Å². The molecular weight excluding hydrogens is 236 g/mol. The lowest BCUT2D eigenvalue weighted by atomic mass is 9.99. The zero-order chi connectivity index (χ0) is 13.9. The van der Waals surface area contributed by atoms with Gasteiger partial charge >= 0.3 is 0 Å². The number of hydrogen-bond donors (Lipinski definition) is 3. The van der Waals surface area contributed by atoms with Gasteiger partial charge in [0.25, 0.3) is 0 Å². The van der Waals surface area contributed by atoms with Crippen molar-refractivity contribution in [1.29, 1.82) is 0 Å². The molecule has 3 N–H and O–H groups in total. The molecule has 1 aromatic rings. The number of para-hydroxylation sites is 1. The molecule has 4 heteroatoms. The van der Waals surface area contributed by atoms with Gasteiger partial charge in [-0.3, -0.25) is 16.0 Å². The largest absolute Gasteiger partial charge is 0.352 e. The van der Waals surface area contributed by atoms with Crippen LogP contribution in [-0.4, -0.2) is 33.9 Å². The lowest BCUT2D eigenvalue weighted by molar-refractivity contribution is 0.229. The van der Waals surface area contributed by atoms with Gasteiger partial charge in [0.1, 0.15) is 11.8 Å². The highest BCUT2D eigenvalue weighted by Gasteiger charge is 2.48. The highest BCUT2D eigenvalue weighted by molar-refractivity contribution is 5.63. The summed E-state index contributed by atoms with van der Waals surface area (Å²) in [5.41, 5.74) is 2.40. The second kappa shape index (κ2) is 5.90. The van der Waals surface area contributed by atoms with Gasteiger partial charge in [-0.15, -0.1) is 0 Å². The zero-order valence-corrected chi connectivity index (χ0v) is 12.5.